The van der Waals surface area contributed by atoms with Gasteiger partial charge >= 0.3 is 5.97 Å². The van der Waals surface area contributed by atoms with Gasteiger partial charge in [-0.05, 0) is 19.9 Å². The van der Waals surface area contributed by atoms with E-state index in [0.717, 1.165) is 21.7 Å². The maximum absolute atomic E-state index is 12.3. The summed E-state index contributed by atoms with van der Waals surface area (Å²) in [5.74, 6) is -1.59. The second kappa shape index (κ2) is 6.33. The predicted molar refractivity (Wildman–Crippen MR) is 74.5 cm³/mol. The minimum absolute atomic E-state index is 0.0486. The first-order valence-electron chi connectivity index (χ1n) is 5.77. The Kier molecular flexibility index (Phi) is 5.26. The molecule has 2 N–H and O–H groups in total. The zero-order chi connectivity index (χ0) is 15.5. The molecule has 20 heavy (non-hydrogen) atoms. The molecular formula is C11H16N2O5S2. The Balaban J connectivity index is 3.04. The third kappa shape index (κ3) is 3.56. The highest BCUT2D eigenvalue weighted by Gasteiger charge is 2.27. The number of carboxylic acid groups (broad SMARTS) is 1. The maximum Gasteiger partial charge on any atom is 0.345 e. The fraction of sp³-hybridized carbons (Fsp3) is 0.455. The maximum atomic E-state index is 12.3. The number of aryl methyl sites for hydroxylation is 1. The van der Waals surface area contributed by atoms with Gasteiger partial charge in [-0.15, -0.1) is 11.3 Å². The summed E-state index contributed by atoms with van der Waals surface area (Å²) in [6.45, 7) is 3.36. The largest absolute Gasteiger partial charge is 0.477 e. The molecule has 9 heteroatoms. The van der Waals surface area contributed by atoms with Gasteiger partial charge in [-0.1, -0.05) is 0 Å². The Hall–Kier alpha value is -1.45. The molecule has 0 fully saturated rings. The van der Waals surface area contributed by atoms with Gasteiger partial charge in [-0.25, -0.2) is 13.2 Å². The molecule has 0 unspecified atom stereocenters. The number of carbonyl (C=O) groups excluding carboxylic acids is 1. The van der Waals surface area contributed by atoms with Crippen LogP contribution in [-0.2, 0) is 14.8 Å². The standard InChI is InChI=1S/C11H16N2O5S2/c1-4-12-10(14)6-13(3)20(17,18)9-5-8(11(15)16)19-7(9)2/h5H,4,6H2,1-3H3,(H,12,14)(H,15,16). The van der Waals surface area contributed by atoms with Crippen LogP contribution in [0.15, 0.2) is 11.0 Å². The average Bonchev–Trinajstić information content (AvgIpc) is 2.72. The number of nitrogens with zero attached hydrogens (tertiary/aromatic N) is 1. The van der Waals surface area contributed by atoms with E-state index in [-0.39, 0.29) is 16.3 Å². The van der Waals surface area contributed by atoms with Crippen LogP contribution in [0, 0.1) is 6.92 Å². The highest BCUT2D eigenvalue weighted by Crippen LogP contribution is 2.27. The molecule has 0 saturated carbocycles. The third-order valence-electron chi connectivity index (χ3n) is 2.51. The minimum Gasteiger partial charge on any atom is -0.477 e. The molecule has 7 nitrogen and oxygen atoms in total. The van der Waals surface area contributed by atoms with Gasteiger partial charge in [0.15, 0.2) is 0 Å². The minimum atomic E-state index is -3.88. The van der Waals surface area contributed by atoms with E-state index >= 15 is 0 Å². The molecule has 0 aliphatic rings. The second-order valence-electron chi connectivity index (χ2n) is 4.05. The molecule has 1 aromatic rings. The van der Waals surface area contributed by atoms with Crippen LogP contribution in [0.3, 0.4) is 0 Å². The number of hydrogen-bond acceptors (Lipinski definition) is 5. The van der Waals surface area contributed by atoms with Crippen LogP contribution in [0.2, 0.25) is 0 Å². The lowest BCUT2D eigenvalue weighted by Gasteiger charge is -2.16. The summed E-state index contributed by atoms with van der Waals surface area (Å²) in [6, 6.07) is 1.12. The molecule has 0 radical (unpaired) electrons. The average molecular weight is 320 g/mol. The van der Waals surface area contributed by atoms with E-state index in [1.165, 1.54) is 14.0 Å². The molecule has 0 bridgehead atoms. The van der Waals surface area contributed by atoms with E-state index in [1.807, 2.05) is 0 Å². The van der Waals surface area contributed by atoms with Crippen LogP contribution < -0.4 is 5.32 Å². The molecule has 0 aliphatic carbocycles. The normalized spacial score (nSPS) is 11.6. The van der Waals surface area contributed by atoms with Crippen molar-refractivity contribution in [2.45, 2.75) is 18.7 Å². The molecule has 1 heterocycles. The van der Waals surface area contributed by atoms with Gasteiger partial charge in [0.05, 0.1) is 11.4 Å². The van der Waals surface area contributed by atoms with Gasteiger partial charge in [0, 0.05) is 18.5 Å². The Morgan fingerprint density at radius 2 is 2.05 bits per heavy atom. The number of nitrogens with one attached hydrogen (secondary N) is 1. The van der Waals surface area contributed by atoms with E-state index in [4.69, 9.17) is 5.11 Å². The van der Waals surface area contributed by atoms with Crippen molar-refractivity contribution in [1.29, 1.82) is 0 Å². The summed E-state index contributed by atoms with van der Waals surface area (Å²) in [7, 11) is -2.60. The Bertz CT molecular complexity index is 621. The van der Waals surface area contributed by atoms with E-state index in [9.17, 15) is 18.0 Å². The van der Waals surface area contributed by atoms with Crippen molar-refractivity contribution in [3.05, 3.63) is 15.8 Å². The van der Waals surface area contributed by atoms with E-state index in [1.54, 1.807) is 6.92 Å². The zero-order valence-corrected chi connectivity index (χ0v) is 13.0. The molecule has 0 aliphatic heterocycles. The van der Waals surface area contributed by atoms with Crippen molar-refractivity contribution in [2.75, 3.05) is 20.1 Å². The number of thiophene rings is 1. The third-order valence-corrected chi connectivity index (χ3v) is 5.61. The topological polar surface area (TPSA) is 104 Å². The van der Waals surface area contributed by atoms with Gasteiger partial charge in [-0.3, -0.25) is 4.79 Å². The molecule has 1 rings (SSSR count). The Labute approximate surface area is 121 Å². The van der Waals surface area contributed by atoms with Crippen molar-refractivity contribution < 1.29 is 23.1 Å². The molecule has 1 aromatic heterocycles. The molecule has 1 amide bonds. The Morgan fingerprint density at radius 3 is 2.50 bits per heavy atom. The lowest BCUT2D eigenvalue weighted by atomic mass is 10.4. The first-order valence-corrected chi connectivity index (χ1v) is 8.02. The number of sulfonamides is 1. The summed E-state index contributed by atoms with van der Waals surface area (Å²) in [6.07, 6.45) is 0. The number of hydrogen-bond donors (Lipinski definition) is 2. The van der Waals surface area contributed by atoms with Crippen LogP contribution in [0.1, 0.15) is 21.5 Å². The van der Waals surface area contributed by atoms with Gasteiger partial charge in [-0.2, -0.15) is 4.31 Å². The van der Waals surface area contributed by atoms with Gasteiger partial charge in [0.2, 0.25) is 15.9 Å². The smallest absolute Gasteiger partial charge is 0.345 e. The summed E-state index contributed by atoms with van der Waals surface area (Å²) in [5.41, 5.74) is 0. The molecule has 0 saturated heterocycles. The first kappa shape index (κ1) is 16.6. The SMILES string of the molecule is CCNC(=O)CN(C)S(=O)(=O)c1cc(C(=O)O)sc1C. The predicted octanol–water partition coefficient (Wildman–Crippen LogP) is 0.511. The van der Waals surface area contributed by atoms with E-state index < -0.39 is 21.9 Å². The summed E-state index contributed by atoms with van der Waals surface area (Å²) in [4.78, 5) is 22.5. The summed E-state index contributed by atoms with van der Waals surface area (Å²) < 4.78 is 25.5. The highest BCUT2D eigenvalue weighted by molar-refractivity contribution is 7.89. The number of carboxylic acids is 1. The van der Waals surface area contributed by atoms with Crippen LogP contribution in [0.4, 0.5) is 0 Å². The van der Waals surface area contributed by atoms with Gasteiger partial charge < -0.3 is 10.4 Å². The van der Waals surface area contributed by atoms with Crippen molar-refractivity contribution in [3.63, 3.8) is 0 Å². The van der Waals surface area contributed by atoms with Crippen molar-refractivity contribution >= 4 is 33.2 Å². The van der Waals surface area contributed by atoms with Crippen molar-refractivity contribution in [2.24, 2.45) is 0 Å². The second-order valence-corrected chi connectivity index (χ2v) is 7.32. The number of aromatic carboxylic acids is 1. The van der Waals surface area contributed by atoms with Gasteiger partial charge in [0.25, 0.3) is 0 Å². The van der Waals surface area contributed by atoms with Crippen molar-refractivity contribution in [1.82, 2.24) is 9.62 Å². The zero-order valence-electron chi connectivity index (χ0n) is 11.3. The quantitative estimate of drug-likeness (QED) is 0.795. The molecule has 0 atom stereocenters. The van der Waals surface area contributed by atoms with Crippen LogP contribution in [-0.4, -0.2) is 49.8 Å². The summed E-state index contributed by atoms with van der Waals surface area (Å²) >= 11 is 0.890. The first-order chi connectivity index (χ1) is 9.20. The van der Waals surface area contributed by atoms with Crippen LogP contribution in [0.5, 0.6) is 0 Å². The Morgan fingerprint density at radius 1 is 1.45 bits per heavy atom. The lowest BCUT2D eigenvalue weighted by Crippen LogP contribution is -2.38. The van der Waals surface area contributed by atoms with Crippen LogP contribution in [0.25, 0.3) is 0 Å². The van der Waals surface area contributed by atoms with E-state index in [0.29, 0.717) is 11.4 Å². The summed E-state index contributed by atoms with van der Waals surface area (Å²) in [5, 5.41) is 11.4. The lowest BCUT2D eigenvalue weighted by molar-refractivity contribution is -0.121. The molecule has 0 aromatic carbocycles. The van der Waals surface area contributed by atoms with Gasteiger partial charge in [0.1, 0.15) is 4.88 Å². The fourth-order valence-electron chi connectivity index (χ4n) is 1.54. The van der Waals surface area contributed by atoms with E-state index in [2.05, 4.69) is 5.32 Å². The molecule has 0 spiro atoms. The number of likely N-dealkylation sites (N-methyl/N-ethyl adjacent to an activating group) is 2. The monoisotopic (exact) mass is 320 g/mol. The molecule has 112 valence electrons. The number of rotatable bonds is 6. The number of amides is 1. The van der Waals surface area contributed by atoms with Crippen LogP contribution >= 0.6 is 11.3 Å². The highest BCUT2D eigenvalue weighted by atomic mass is 32.2. The molecular weight excluding hydrogens is 304 g/mol. The fourth-order valence-corrected chi connectivity index (χ4v) is 4.06. The number of carbonyl (C=O) groups is 2. The van der Waals surface area contributed by atoms with Crippen molar-refractivity contribution in [3.8, 4) is 0 Å².